The smallest absolute Gasteiger partial charge is 0.319 e. The van der Waals surface area contributed by atoms with Gasteiger partial charge in [-0.15, -0.1) is 5.10 Å². The Morgan fingerprint density at radius 2 is 1.93 bits per heavy atom. The Balaban J connectivity index is 1.58. The minimum Gasteiger partial charge on any atom is -0.478 e. The highest BCUT2D eigenvalue weighted by atomic mass is 16.5. The van der Waals surface area contributed by atoms with Crippen molar-refractivity contribution in [2.75, 3.05) is 29.9 Å². The summed E-state index contributed by atoms with van der Waals surface area (Å²) in [6.45, 7) is 12.2. The van der Waals surface area contributed by atoms with Crippen molar-refractivity contribution in [1.82, 2.24) is 20.5 Å². The van der Waals surface area contributed by atoms with Crippen LogP contribution < -0.4 is 20.3 Å². The molecule has 1 fully saturated rings. The minimum atomic E-state index is -0.331. The highest BCUT2D eigenvalue weighted by molar-refractivity contribution is 5.89. The number of amides is 2. The predicted octanol–water partition coefficient (Wildman–Crippen LogP) is 2.82. The second kappa shape index (κ2) is 9.71. The fraction of sp³-hybridized carbons (Fsp3) is 0.524. The molecule has 2 aromatic heterocycles. The normalized spacial score (nSPS) is 18.8. The number of hydrogen-bond acceptors (Lipinski definition) is 7. The molecule has 9 nitrogen and oxygen atoms in total. The van der Waals surface area contributed by atoms with Gasteiger partial charge in [-0.05, 0) is 52.3 Å². The van der Waals surface area contributed by atoms with E-state index in [0.29, 0.717) is 23.9 Å². The first-order chi connectivity index (χ1) is 14.3. The molecule has 2 atom stereocenters. The first-order valence-corrected chi connectivity index (χ1v) is 10.2. The van der Waals surface area contributed by atoms with Crippen LogP contribution in [-0.2, 0) is 11.3 Å². The van der Waals surface area contributed by atoms with Gasteiger partial charge in [0, 0.05) is 30.5 Å². The third-order valence-electron chi connectivity index (χ3n) is 4.64. The van der Waals surface area contributed by atoms with Crippen LogP contribution >= 0.6 is 0 Å². The minimum absolute atomic E-state index is 0.153. The first-order valence-electron chi connectivity index (χ1n) is 10.2. The van der Waals surface area contributed by atoms with Gasteiger partial charge < -0.3 is 25.0 Å². The number of rotatable bonds is 6. The summed E-state index contributed by atoms with van der Waals surface area (Å²) < 4.78 is 11.2. The average Bonchev–Trinajstić information content (AvgIpc) is 2.65. The molecule has 2 aromatic rings. The third kappa shape index (κ3) is 5.79. The number of nitrogens with zero attached hydrogens (tertiary/aromatic N) is 4. The van der Waals surface area contributed by atoms with Crippen molar-refractivity contribution in [3.63, 3.8) is 0 Å². The maximum Gasteiger partial charge on any atom is 0.319 e. The standard InChI is InChI=1S/C21H30N6O3/c1-6-29-19-9-17(8-14(3)23-19)24-21(28)22-10-18-7-13(2)20(26-25-18)27-11-15(4)30-16(5)12-27/h7-9,15-16H,6,10-12H2,1-5H3,(H2,22,23,24,28). The summed E-state index contributed by atoms with van der Waals surface area (Å²) in [7, 11) is 0. The van der Waals surface area contributed by atoms with E-state index in [0.717, 1.165) is 30.2 Å². The highest BCUT2D eigenvalue weighted by Gasteiger charge is 2.24. The van der Waals surface area contributed by atoms with Crippen molar-refractivity contribution in [1.29, 1.82) is 0 Å². The summed E-state index contributed by atoms with van der Waals surface area (Å²) in [4.78, 5) is 18.8. The molecule has 2 unspecified atom stereocenters. The van der Waals surface area contributed by atoms with Crippen LogP contribution in [0.15, 0.2) is 18.2 Å². The van der Waals surface area contributed by atoms with Gasteiger partial charge >= 0.3 is 6.03 Å². The van der Waals surface area contributed by atoms with Crippen LogP contribution in [0.1, 0.15) is 37.7 Å². The van der Waals surface area contributed by atoms with Gasteiger partial charge in [0.15, 0.2) is 5.82 Å². The molecule has 9 heteroatoms. The molecule has 30 heavy (non-hydrogen) atoms. The number of pyridine rings is 1. The van der Waals surface area contributed by atoms with Crippen LogP contribution in [0.5, 0.6) is 5.88 Å². The van der Waals surface area contributed by atoms with Gasteiger partial charge in [0.25, 0.3) is 0 Å². The number of urea groups is 1. The van der Waals surface area contributed by atoms with Gasteiger partial charge in [-0.3, -0.25) is 0 Å². The molecule has 3 rings (SSSR count). The van der Waals surface area contributed by atoms with Gasteiger partial charge in [0.05, 0.1) is 31.1 Å². The van der Waals surface area contributed by atoms with Gasteiger partial charge in [0.2, 0.25) is 5.88 Å². The number of aromatic nitrogens is 3. The number of aryl methyl sites for hydroxylation is 2. The molecule has 3 heterocycles. The van der Waals surface area contributed by atoms with Crippen LogP contribution in [0.2, 0.25) is 0 Å². The molecule has 1 aliphatic heterocycles. The number of anilines is 2. The van der Waals surface area contributed by atoms with E-state index in [1.807, 2.05) is 26.8 Å². The number of carbonyl (C=O) groups is 1. The summed E-state index contributed by atoms with van der Waals surface area (Å²) in [5.41, 5.74) is 3.10. The fourth-order valence-corrected chi connectivity index (χ4v) is 3.56. The molecule has 0 bridgehead atoms. The molecule has 0 aromatic carbocycles. The monoisotopic (exact) mass is 414 g/mol. The third-order valence-corrected chi connectivity index (χ3v) is 4.64. The molecule has 0 saturated carbocycles. The highest BCUT2D eigenvalue weighted by Crippen LogP contribution is 2.21. The molecule has 2 N–H and O–H groups in total. The van der Waals surface area contributed by atoms with E-state index in [1.165, 1.54) is 0 Å². The Morgan fingerprint density at radius 3 is 2.60 bits per heavy atom. The second-order valence-electron chi connectivity index (χ2n) is 7.58. The van der Waals surface area contributed by atoms with Crippen molar-refractivity contribution in [3.8, 4) is 5.88 Å². The average molecular weight is 415 g/mol. The Morgan fingerprint density at radius 1 is 1.20 bits per heavy atom. The lowest BCUT2D eigenvalue weighted by Gasteiger charge is -2.36. The van der Waals surface area contributed by atoms with Crippen LogP contribution in [0.4, 0.5) is 16.3 Å². The van der Waals surface area contributed by atoms with Crippen LogP contribution in [0, 0.1) is 13.8 Å². The zero-order valence-corrected chi connectivity index (χ0v) is 18.2. The van der Waals surface area contributed by atoms with Crippen LogP contribution in [0.25, 0.3) is 0 Å². The van der Waals surface area contributed by atoms with E-state index in [9.17, 15) is 4.79 Å². The summed E-state index contributed by atoms with van der Waals surface area (Å²) >= 11 is 0. The van der Waals surface area contributed by atoms with Crippen LogP contribution in [0.3, 0.4) is 0 Å². The molecule has 0 radical (unpaired) electrons. The second-order valence-corrected chi connectivity index (χ2v) is 7.58. The molecular formula is C21H30N6O3. The Bertz CT molecular complexity index is 881. The van der Waals surface area contributed by atoms with Gasteiger partial charge in [-0.1, -0.05) is 0 Å². The molecular weight excluding hydrogens is 384 g/mol. The summed E-state index contributed by atoms with van der Waals surface area (Å²) in [5, 5.41) is 14.3. The fourth-order valence-electron chi connectivity index (χ4n) is 3.56. The van der Waals surface area contributed by atoms with E-state index in [4.69, 9.17) is 9.47 Å². The van der Waals surface area contributed by atoms with Crippen molar-refractivity contribution in [2.24, 2.45) is 0 Å². The summed E-state index contributed by atoms with van der Waals surface area (Å²) in [6.07, 6.45) is 0.306. The van der Waals surface area contributed by atoms with Crippen molar-refractivity contribution < 1.29 is 14.3 Å². The van der Waals surface area contributed by atoms with E-state index in [2.05, 4.69) is 44.6 Å². The molecule has 1 saturated heterocycles. The van der Waals surface area contributed by atoms with Crippen molar-refractivity contribution in [2.45, 2.75) is 53.4 Å². The lowest BCUT2D eigenvalue weighted by Crippen LogP contribution is -2.46. The van der Waals surface area contributed by atoms with E-state index in [1.54, 1.807) is 12.1 Å². The van der Waals surface area contributed by atoms with Gasteiger partial charge in [0.1, 0.15) is 0 Å². The lowest BCUT2D eigenvalue weighted by atomic mass is 10.2. The number of ether oxygens (including phenoxy) is 2. The Hall–Kier alpha value is -2.94. The van der Waals surface area contributed by atoms with E-state index in [-0.39, 0.29) is 24.8 Å². The lowest BCUT2D eigenvalue weighted by molar-refractivity contribution is -0.00554. The quantitative estimate of drug-likeness (QED) is 0.749. The zero-order chi connectivity index (χ0) is 21.7. The maximum absolute atomic E-state index is 12.3. The number of hydrogen-bond donors (Lipinski definition) is 2. The summed E-state index contributed by atoms with van der Waals surface area (Å²) in [5.74, 6) is 1.34. The molecule has 162 valence electrons. The zero-order valence-electron chi connectivity index (χ0n) is 18.2. The maximum atomic E-state index is 12.3. The molecule has 1 aliphatic rings. The van der Waals surface area contributed by atoms with Gasteiger partial charge in [-0.2, -0.15) is 5.10 Å². The van der Waals surface area contributed by atoms with E-state index >= 15 is 0 Å². The number of carbonyl (C=O) groups excluding carboxylic acids is 1. The molecule has 2 amide bonds. The number of nitrogens with one attached hydrogen (secondary N) is 2. The molecule has 0 aliphatic carbocycles. The van der Waals surface area contributed by atoms with Crippen LogP contribution in [-0.4, -0.2) is 53.1 Å². The van der Waals surface area contributed by atoms with Gasteiger partial charge in [-0.25, -0.2) is 9.78 Å². The Kier molecular flexibility index (Phi) is 7.04. The van der Waals surface area contributed by atoms with Crippen molar-refractivity contribution >= 4 is 17.5 Å². The van der Waals surface area contributed by atoms with E-state index < -0.39 is 0 Å². The largest absolute Gasteiger partial charge is 0.478 e. The Labute approximate surface area is 177 Å². The van der Waals surface area contributed by atoms with Crippen molar-refractivity contribution in [3.05, 3.63) is 35.2 Å². The topological polar surface area (TPSA) is 102 Å². The molecule has 0 spiro atoms. The number of morpholine rings is 1. The SMILES string of the molecule is CCOc1cc(NC(=O)NCc2cc(C)c(N3CC(C)OC(C)C3)nn2)cc(C)n1. The predicted molar refractivity (Wildman–Crippen MR) is 115 cm³/mol. The first kappa shape index (κ1) is 21.8. The summed E-state index contributed by atoms with van der Waals surface area (Å²) in [6, 6.07) is 5.10.